The molecule has 0 aromatic carbocycles. The van der Waals surface area contributed by atoms with Crippen molar-refractivity contribution in [1.29, 1.82) is 0 Å². The molecule has 0 aromatic rings. The van der Waals surface area contributed by atoms with Gasteiger partial charge in [0.05, 0.1) is 0 Å². The fourth-order valence-electron chi connectivity index (χ4n) is 2.53. The highest BCUT2D eigenvalue weighted by Crippen LogP contribution is 2.51. The highest BCUT2D eigenvalue weighted by molar-refractivity contribution is 8.00. The predicted octanol–water partition coefficient (Wildman–Crippen LogP) is 3.70. The van der Waals surface area contributed by atoms with E-state index in [1.807, 2.05) is 0 Å². The smallest absolute Gasteiger partial charge is 0.112 e. The fraction of sp³-hybridized carbons (Fsp3) is 1.00. The van der Waals surface area contributed by atoms with Gasteiger partial charge >= 0.3 is 0 Å². The highest BCUT2D eigenvalue weighted by atomic mass is 32.2. The largest absolute Gasteiger partial charge is 0.156 e. The van der Waals surface area contributed by atoms with Gasteiger partial charge in [-0.2, -0.15) is 16.7 Å². The van der Waals surface area contributed by atoms with E-state index in [9.17, 15) is 4.91 Å². The van der Waals surface area contributed by atoms with Crippen LogP contribution in [0.1, 0.15) is 40.5 Å². The summed E-state index contributed by atoms with van der Waals surface area (Å²) < 4.78 is 0.0394. The summed E-state index contributed by atoms with van der Waals surface area (Å²) in [5.41, 5.74) is 0.0394. The zero-order valence-corrected chi connectivity index (χ0v) is 10.6. The van der Waals surface area contributed by atoms with Gasteiger partial charge in [0.2, 0.25) is 0 Å². The van der Waals surface area contributed by atoms with E-state index in [-0.39, 0.29) is 16.2 Å². The van der Waals surface area contributed by atoms with Crippen LogP contribution in [0.2, 0.25) is 0 Å². The molecule has 0 radical (unpaired) electrons. The molecule has 82 valence electrons. The van der Waals surface area contributed by atoms with Crippen LogP contribution in [0.3, 0.4) is 0 Å². The van der Waals surface area contributed by atoms with Crippen LogP contribution in [0, 0.1) is 16.2 Å². The van der Waals surface area contributed by atoms with Gasteiger partial charge in [-0.1, -0.05) is 25.9 Å². The maximum atomic E-state index is 11.0. The maximum Gasteiger partial charge on any atom is 0.112 e. The molecule has 0 N–H and O–H groups in total. The van der Waals surface area contributed by atoms with Crippen LogP contribution in [0.15, 0.2) is 5.18 Å². The Morgan fingerprint density at radius 2 is 1.93 bits per heavy atom. The second-order valence-corrected chi connectivity index (χ2v) is 6.63. The van der Waals surface area contributed by atoms with Crippen molar-refractivity contribution in [3.8, 4) is 0 Å². The molecule has 3 unspecified atom stereocenters. The third-order valence-corrected chi connectivity index (χ3v) is 5.56. The van der Waals surface area contributed by atoms with Crippen LogP contribution in [0.4, 0.5) is 0 Å². The van der Waals surface area contributed by atoms with Crippen molar-refractivity contribution in [2.45, 2.75) is 51.3 Å². The van der Waals surface area contributed by atoms with E-state index in [1.165, 1.54) is 6.42 Å². The molecular formula is C11H21NOS. The summed E-state index contributed by atoms with van der Waals surface area (Å²) in [7, 11) is 0. The molecular weight excluding hydrogens is 194 g/mol. The van der Waals surface area contributed by atoms with Crippen molar-refractivity contribution >= 4 is 11.8 Å². The lowest BCUT2D eigenvalue weighted by molar-refractivity contribution is 0.0985. The standard InChI is InChI=1S/C11H21NOS/c1-8-6-7-11(4,14-5)9(12-13)10(8,2)3/h8-9H,6-7H2,1-5H3. The van der Waals surface area contributed by atoms with E-state index in [0.29, 0.717) is 5.92 Å². The molecule has 0 saturated heterocycles. The van der Waals surface area contributed by atoms with Gasteiger partial charge in [0.1, 0.15) is 6.04 Å². The molecule has 1 rings (SSSR count). The zero-order valence-electron chi connectivity index (χ0n) is 9.83. The van der Waals surface area contributed by atoms with Crippen molar-refractivity contribution in [3.63, 3.8) is 0 Å². The van der Waals surface area contributed by atoms with Gasteiger partial charge < -0.3 is 0 Å². The first-order chi connectivity index (χ1) is 6.38. The Bertz CT molecular complexity index is 225. The lowest BCUT2D eigenvalue weighted by Crippen LogP contribution is -2.51. The van der Waals surface area contributed by atoms with Gasteiger partial charge in [0, 0.05) is 4.75 Å². The molecule has 0 bridgehead atoms. The van der Waals surface area contributed by atoms with Crippen LogP contribution in [-0.4, -0.2) is 17.0 Å². The Morgan fingerprint density at radius 1 is 1.36 bits per heavy atom. The maximum absolute atomic E-state index is 11.0. The molecule has 1 aliphatic rings. The molecule has 3 atom stereocenters. The Labute approximate surface area is 91.2 Å². The minimum atomic E-state index is -0.0613. The van der Waals surface area contributed by atoms with Crippen molar-refractivity contribution < 1.29 is 0 Å². The number of hydrogen-bond donors (Lipinski definition) is 0. The first kappa shape index (κ1) is 12.0. The van der Waals surface area contributed by atoms with Crippen LogP contribution in [-0.2, 0) is 0 Å². The molecule has 14 heavy (non-hydrogen) atoms. The number of rotatable bonds is 2. The third kappa shape index (κ3) is 1.71. The molecule has 1 aliphatic carbocycles. The average Bonchev–Trinajstić information content (AvgIpc) is 2.13. The second-order valence-electron chi connectivity index (χ2n) is 5.29. The lowest BCUT2D eigenvalue weighted by atomic mass is 9.62. The van der Waals surface area contributed by atoms with Crippen LogP contribution < -0.4 is 0 Å². The summed E-state index contributed by atoms with van der Waals surface area (Å²) in [4.78, 5) is 11.0. The third-order valence-electron chi connectivity index (χ3n) is 4.20. The Kier molecular flexibility index (Phi) is 3.30. The summed E-state index contributed by atoms with van der Waals surface area (Å²) in [6.07, 6.45) is 4.40. The van der Waals surface area contributed by atoms with E-state index in [4.69, 9.17) is 0 Å². The number of nitrogens with zero attached hydrogens (tertiary/aromatic N) is 1. The lowest BCUT2D eigenvalue weighted by Gasteiger charge is -2.49. The minimum Gasteiger partial charge on any atom is -0.156 e. The van der Waals surface area contributed by atoms with E-state index < -0.39 is 0 Å². The monoisotopic (exact) mass is 215 g/mol. The van der Waals surface area contributed by atoms with Crippen molar-refractivity contribution in [1.82, 2.24) is 0 Å². The zero-order chi connectivity index (χ0) is 11.0. The van der Waals surface area contributed by atoms with E-state index >= 15 is 0 Å². The Hall–Kier alpha value is -0.0500. The molecule has 0 heterocycles. The number of hydrogen-bond acceptors (Lipinski definition) is 3. The average molecular weight is 215 g/mol. The molecule has 3 heteroatoms. The van der Waals surface area contributed by atoms with Gasteiger partial charge in [-0.25, -0.2) is 0 Å². The molecule has 0 spiro atoms. The van der Waals surface area contributed by atoms with Crippen molar-refractivity contribution in [3.05, 3.63) is 4.91 Å². The normalized spacial score (nSPS) is 42.1. The topological polar surface area (TPSA) is 29.4 Å². The van der Waals surface area contributed by atoms with Crippen LogP contribution in [0.25, 0.3) is 0 Å². The van der Waals surface area contributed by atoms with Crippen LogP contribution in [0.5, 0.6) is 0 Å². The van der Waals surface area contributed by atoms with Crippen molar-refractivity contribution in [2.24, 2.45) is 16.5 Å². The summed E-state index contributed by atoms with van der Waals surface area (Å²) >= 11 is 1.79. The Balaban J connectivity index is 3.01. The number of thioether (sulfide) groups is 1. The molecule has 1 saturated carbocycles. The first-order valence-corrected chi connectivity index (χ1v) is 6.48. The van der Waals surface area contributed by atoms with E-state index in [1.54, 1.807) is 11.8 Å². The van der Waals surface area contributed by atoms with E-state index in [2.05, 4.69) is 39.1 Å². The van der Waals surface area contributed by atoms with Gasteiger partial charge in [-0.3, -0.25) is 0 Å². The SMILES string of the molecule is CSC1(C)CCC(C)C(C)(C)C1N=O. The molecule has 0 aliphatic heterocycles. The molecule has 2 nitrogen and oxygen atoms in total. The van der Waals surface area contributed by atoms with Gasteiger partial charge in [0.15, 0.2) is 0 Å². The van der Waals surface area contributed by atoms with Gasteiger partial charge in [-0.15, -0.1) is 0 Å². The molecule has 0 amide bonds. The molecule has 0 aromatic heterocycles. The summed E-state index contributed by atoms with van der Waals surface area (Å²) in [6.45, 7) is 8.77. The first-order valence-electron chi connectivity index (χ1n) is 5.26. The second kappa shape index (κ2) is 3.84. The van der Waals surface area contributed by atoms with E-state index in [0.717, 1.165) is 6.42 Å². The summed E-state index contributed by atoms with van der Waals surface area (Å²) in [5.74, 6) is 0.588. The van der Waals surface area contributed by atoms with Gasteiger partial charge in [0.25, 0.3) is 0 Å². The highest BCUT2D eigenvalue weighted by Gasteiger charge is 2.50. The fourth-order valence-corrected chi connectivity index (χ4v) is 3.42. The van der Waals surface area contributed by atoms with Crippen LogP contribution >= 0.6 is 11.8 Å². The number of nitroso groups, excluding NO2 is 1. The summed E-state index contributed by atoms with van der Waals surface area (Å²) in [5, 5.41) is 3.40. The van der Waals surface area contributed by atoms with Crippen molar-refractivity contribution in [2.75, 3.05) is 6.26 Å². The van der Waals surface area contributed by atoms with Gasteiger partial charge in [-0.05, 0) is 37.4 Å². The Morgan fingerprint density at radius 3 is 2.36 bits per heavy atom. The predicted molar refractivity (Wildman–Crippen MR) is 63.7 cm³/mol. The molecule has 1 fully saturated rings. The quantitative estimate of drug-likeness (QED) is 0.657. The minimum absolute atomic E-state index is 0.0394. The summed E-state index contributed by atoms with van der Waals surface area (Å²) in [6, 6.07) is -0.0613.